The molecule has 9 unspecified atom stereocenters. The zero-order chi connectivity index (χ0) is 35.4. The minimum Gasteiger partial charge on any atom is -0.478 e. The highest BCUT2D eigenvalue weighted by molar-refractivity contribution is 5.86. The van der Waals surface area contributed by atoms with E-state index in [-0.39, 0.29) is 54.1 Å². The van der Waals surface area contributed by atoms with Crippen molar-refractivity contribution in [1.29, 1.82) is 0 Å². The Morgan fingerprint density at radius 1 is 1.06 bits per heavy atom. The number of nitrogens with one attached hydrogen (secondary N) is 1. The van der Waals surface area contributed by atoms with E-state index in [0.29, 0.717) is 23.7 Å². The van der Waals surface area contributed by atoms with Crippen molar-refractivity contribution in [1.82, 2.24) is 4.98 Å². The van der Waals surface area contributed by atoms with Crippen molar-refractivity contribution in [3.63, 3.8) is 0 Å². The molecule has 10 heteroatoms. The Hall–Kier alpha value is -4.70. The summed E-state index contributed by atoms with van der Waals surface area (Å²) in [5.41, 5.74) is 22.4. The van der Waals surface area contributed by atoms with Gasteiger partial charge < -0.3 is 42.2 Å². The first kappa shape index (κ1) is 35.1. The Kier molecular flexibility index (Phi) is 10.9. The van der Waals surface area contributed by atoms with Gasteiger partial charge in [0.15, 0.2) is 5.96 Å². The van der Waals surface area contributed by atoms with Crippen LogP contribution in [-0.4, -0.2) is 53.2 Å². The summed E-state index contributed by atoms with van der Waals surface area (Å²) < 4.78 is 0. The normalized spacial score (nSPS) is 25.6. The van der Waals surface area contributed by atoms with Crippen LogP contribution in [0.15, 0.2) is 77.5 Å². The molecule has 10 nitrogen and oxygen atoms in total. The number of rotatable bonds is 16. The SMILES string of the molecule is CC(C=O)CCC(N)CCC1C=CC2C3CCC(C([N-]c4ccc[nH]4)C(=CC(=O)O)CN=C(N)N)C2C1c1cc2cc(CC=O)ccc2cc13. The average molecular weight is 678 g/mol. The number of aliphatic imine (C=N–C) groups is 1. The van der Waals surface area contributed by atoms with E-state index in [1.54, 1.807) is 0 Å². The Balaban J connectivity index is 1.44. The number of hydrogen-bond donors (Lipinski definition) is 5. The van der Waals surface area contributed by atoms with Crippen LogP contribution in [0.2, 0.25) is 0 Å². The van der Waals surface area contributed by atoms with Crippen LogP contribution < -0.4 is 17.2 Å². The monoisotopic (exact) mass is 677 g/mol. The number of fused-ring (bicyclic) bond motifs is 4. The van der Waals surface area contributed by atoms with E-state index in [9.17, 15) is 19.5 Å². The lowest BCUT2D eigenvalue weighted by atomic mass is 9.48. The number of carbonyl (C=O) groups is 3. The number of aldehydes is 2. The van der Waals surface area contributed by atoms with E-state index in [2.05, 4.69) is 46.4 Å². The first-order valence-electron chi connectivity index (χ1n) is 17.9. The zero-order valence-corrected chi connectivity index (χ0v) is 28.7. The summed E-state index contributed by atoms with van der Waals surface area (Å²) in [6.07, 6.45) is 15.3. The van der Waals surface area contributed by atoms with Crippen molar-refractivity contribution in [2.24, 2.45) is 51.8 Å². The predicted molar refractivity (Wildman–Crippen MR) is 197 cm³/mol. The summed E-state index contributed by atoms with van der Waals surface area (Å²) in [6.45, 7) is 1.97. The number of aromatic amines is 1. The lowest BCUT2D eigenvalue weighted by Crippen LogP contribution is -2.49. The van der Waals surface area contributed by atoms with Crippen LogP contribution in [0.3, 0.4) is 0 Å². The second-order valence-corrected chi connectivity index (χ2v) is 14.6. The number of aliphatic carboxylic acids is 1. The molecule has 2 aromatic carbocycles. The molecule has 0 radical (unpaired) electrons. The highest BCUT2D eigenvalue weighted by atomic mass is 16.4. The topological polar surface area (TPSA) is 192 Å². The molecule has 1 saturated carbocycles. The minimum atomic E-state index is -1.06. The number of hydrogen-bond acceptors (Lipinski definition) is 5. The lowest BCUT2D eigenvalue weighted by molar-refractivity contribution is -0.131. The van der Waals surface area contributed by atoms with Crippen molar-refractivity contribution in [2.45, 2.75) is 75.8 Å². The van der Waals surface area contributed by atoms with Crippen molar-refractivity contribution >= 4 is 41.1 Å². The molecule has 1 fully saturated rings. The van der Waals surface area contributed by atoms with Crippen LogP contribution in [0.1, 0.15) is 74.0 Å². The number of H-pyrrole nitrogens is 1. The minimum absolute atomic E-state index is 0.00807. The lowest BCUT2D eigenvalue weighted by Gasteiger charge is -2.57. The molecule has 9 atom stereocenters. The molecule has 3 aliphatic carbocycles. The van der Waals surface area contributed by atoms with Gasteiger partial charge in [0.2, 0.25) is 0 Å². The molecule has 6 rings (SSSR count). The molecule has 8 N–H and O–H groups in total. The standard InChI is InChI=1S/C40H49N6O4/c1-23(22-48)4-9-29(41)10-7-25-8-11-31-30-12-13-32(39(46-35-3-2-15-44-35)28(20-36(49)50)21-45-40(42)43)38(31)37(25)34-19-27-17-24(14-16-47)5-6-26(27)18-33(30)34/h2-3,5-6,8,11,15-20,22-23,25,29-32,37-39,44H,4,7,9-10,12-14,21,41H2,1H3,(H,49,50)(H4,42,43,45)/q-1. The molecule has 3 aliphatic rings. The number of carboxylic acids is 1. The Morgan fingerprint density at radius 3 is 2.60 bits per heavy atom. The maximum Gasteiger partial charge on any atom is 0.328 e. The summed E-state index contributed by atoms with van der Waals surface area (Å²) in [5, 5.41) is 17.5. The number of nitrogens with two attached hydrogens (primary N) is 3. The smallest absolute Gasteiger partial charge is 0.328 e. The number of allylic oxidation sites excluding steroid dienone is 2. The Morgan fingerprint density at radius 2 is 1.88 bits per heavy atom. The number of carboxylic acid groups (broad SMARTS) is 1. The van der Waals surface area contributed by atoms with Gasteiger partial charge in [0, 0.05) is 24.5 Å². The molecule has 1 heterocycles. The fourth-order valence-electron chi connectivity index (χ4n) is 9.08. The van der Waals surface area contributed by atoms with Gasteiger partial charge in [-0.2, -0.15) is 0 Å². The average Bonchev–Trinajstić information content (AvgIpc) is 3.62. The van der Waals surface area contributed by atoms with Gasteiger partial charge in [-0.15, -0.1) is 0 Å². The van der Waals surface area contributed by atoms with Crippen molar-refractivity contribution in [3.8, 4) is 0 Å². The second kappa shape index (κ2) is 15.5. The van der Waals surface area contributed by atoms with Gasteiger partial charge in [-0.05, 0) is 113 Å². The third-order valence-electron chi connectivity index (χ3n) is 11.3. The number of aromatic nitrogens is 1. The molecule has 0 amide bonds. The molecule has 1 aromatic heterocycles. The Labute approximate surface area is 293 Å². The van der Waals surface area contributed by atoms with Crippen molar-refractivity contribution in [3.05, 3.63) is 94.5 Å². The summed E-state index contributed by atoms with van der Waals surface area (Å²) in [7, 11) is 0. The number of benzene rings is 2. The fourth-order valence-corrected chi connectivity index (χ4v) is 9.08. The molecule has 0 spiro atoms. The summed E-state index contributed by atoms with van der Waals surface area (Å²) in [5.74, 6) is 0.635. The molecular formula is C40H49N6O4-. The van der Waals surface area contributed by atoms with E-state index in [0.717, 1.165) is 62.0 Å². The van der Waals surface area contributed by atoms with E-state index in [4.69, 9.17) is 22.5 Å². The van der Waals surface area contributed by atoms with E-state index in [1.807, 2.05) is 31.3 Å². The van der Waals surface area contributed by atoms with Gasteiger partial charge in [-0.25, -0.2) is 9.79 Å². The van der Waals surface area contributed by atoms with Gasteiger partial charge in [0.25, 0.3) is 0 Å². The Bertz CT molecular complexity index is 1780. The van der Waals surface area contributed by atoms with Crippen LogP contribution in [0.5, 0.6) is 0 Å². The van der Waals surface area contributed by atoms with Crippen LogP contribution in [0, 0.1) is 29.6 Å². The molecule has 50 heavy (non-hydrogen) atoms. The third-order valence-corrected chi connectivity index (χ3v) is 11.3. The maximum atomic E-state index is 12.2. The highest BCUT2D eigenvalue weighted by Gasteiger charge is 2.53. The van der Waals surface area contributed by atoms with Crippen LogP contribution >= 0.6 is 0 Å². The first-order valence-corrected chi connectivity index (χ1v) is 17.9. The van der Waals surface area contributed by atoms with Gasteiger partial charge in [-0.3, -0.25) is 0 Å². The number of carbonyl (C=O) groups excluding carboxylic acids is 2. The molecule has 0 saturated heterocycles. The van der Waals surface area contributed by atoms with Crippen molar-refractivity contribution < 1.29 is 19.5 Å². The largest absolute Gasteiger partial charge is 0.478 e. The van der Waals surface area contributed by atoms with Crippen LogP contribution in [-0.2, 0) is 20.8 Å². The molecule has 0 aliphatic heterocycles. The number of nitrogens with zero attached hydrogens (tertiary/aromatic N) is 2. The van der Waals surface area contributed by atoms with Gasteiger partial charge >= 0.3 is 5.97 Å². The quantitative estimate of drug-likeness (QED) is 0.0403. The fraction of sp³-hybridized carbons (Fsp3) is 0.450. The molecule has 264 valence electrons. The van der Waals surface area contributed by atoms with Crippen LogP contribution in [0.4, 0.5) is 5.82 Å². The summed E-state index contributed by atoms with van der Waals surface area (Å²) >= 11 is 0. The highest BCUT2D eigenvalue weighted by Crippen LogP contribution is 2.63. The second-order valence-electron chi connectivity index (χ2n) is 14.6. The first-order chi connectivity index (χ1) is 24.2. The zero-order valence-electron chi connectivity index (χ0n) is 28.7. The maximum absolute atomic E-state index is 12.2. The van der Waals surface area contributed by atoms with Gasteiger partial charge in [0.1, 0.15) is 12.6 Å². The van der Waals surface area contributed by atoms with E-state index < -0.39 is 12.0 Å². The predicted octanol–water partition coefficient (Wildman–Crippen LogP) is 6.00. The molecular weight excluding hydrogens is 628 g/mol. The summed E-state index contributed by atoms with van der Waals surface area (Å²) in [4.78, 5) is 42.3. The molecule has 4 bridgehead atoms. The number of guanidine groups is 1. The van der Waals surface area contributed by atoms with Gasteiger partial charge in [0.05, 0.1) is 6.54 Å². The van der Waals surface area contributed by atoms with Crippen molar-refractivity contribution in [2.75, 3.05) is 6.54 Å². The third kappa shape index (κ3) is 7.55. The van der Waals surface area contributed by atoms with E-state index >= 15 is 0 Å². The van der Waals surface area contributed by atoms with E-state index in [1.165, 1.54) is 22.6 Å². The molecule has 3 aromatic rings. The van der Waals surface area contributed by atoms with Gasteiger partial charge in [-0.1, -0.05) is 73.6 Å². The summed E-state index contributed by atoms with van der Waals surface area (Å²) in [6, 6.07) is 14.3. The van der Waals surface area contributed by atoms with Crippen LogP contribution in [0.25, 0.3) is 16.1 Å².